The Morgan fingerprint density at radius 2 is 2.09 bits per heavy atom. The number of fused-ring (bicyclic) bond motifs is 2. The summed E-state index contributed by atoms with van der Waals surface area (Å²) in [6, 6.07) is 4.77. The molecule has 5 heterocycles. The Bertz CT molecular complexity index is 1390. The molecular weight excluding hydrogens is 463 g/mol. The molecule has 4 aromatic heterocycles. The average molecular weight is 487 g/mol. The van der Waals surface area contributed by atoms with Crippen molar-refractivity contribution < 1.29 is 18.0 Å². The highest BCUT2D eigenvalue weighted by Gasteiger charge is 2.31. The van der Waals surface area contributed by atoms with Gasteiger partial charge in [-0.2, -0.15) is 4.98 Å². The second-order valence-corrected chi connectivity index (χ2v) is 8.40. The third-order valence-electron chi connectivity index (χ3n) is 6.12. The number of nitrogens with zero attached hydrogens (tertiary/aromatic N) is 7. The normalized spacial score (nSPS) is 18.5. The van der Waals surface area contributed by atoms with Gasteiger partial charge < -0.3 is 20.1 Å². The first-order chi connectivity index (χ1) is 16.8. The fourth-order valence-corrected chi connectivity index (χ4v) is 4.36. The van der Waals surface area contributed by atoms with E-state index in [1.807, 2.05) is 0 Å². The number of alkyl halides is 3. The lowest BCUT2D eigenvalue weighted by Gasteiger charge is -2.34. The molecule has 2 atom stereocenters. The van der Waals surface area contributed by atoms with Crippen LogP contribution in [-0.2, 0) is 11.3 Å². The Balaban J connectivity index is 1.47. The minimum atomic E-state index is -2.53. The van der Waals surface area contributed by atoms with Gasteiger partial charge in [0.2, 0.25) is 11.9 Å². The third-order valence-corrected chi connectivity index (χ3v) is 6.12. The maximum absolute atomic E-state index is 14.7. The Morgan fingerprint density at radius 3 is 2.80 bits per heavy atom. The third kappa shape index (κ3) is 4.33. The zero-order chi connectivity index (χ0) is 24.7. The van der Waals surface area contributed by atoms with Gasteiger partial charge in [-0.1, -0.05) is 0 Å². The maximum atomic E-state index is 14.7. The number of likely N-dealkylation sites (tertiary alicyclic amines) is 1. The maximum Gasteiger partial charge on any atom is 0.256 e. The minimum Gasteiger partial charge on any atom is -0.371 e. The highest BCUT2D eigenvalue weighted by Crippen LogP contribution is 2.30. The standard InChI is InChI=1S/C22H24F3N9O/c1-12(35)32-7-6-16(14(23)9-32)29-22-30-20(26-2)19-13(5-8-34(19)31-22)15-3-4-17-21(28-15)33(11-27-17)10-18(24)25/h3-5,8,11,14,16,18H,6-7,9-10H2,1-2H3,(H2,26,29,30,31)/t14-,16+/m1/s1. The SMILES string of the molecule is CNc1nc(N[C@H]2CCN(C(C)=O)C[C@H]2F)nn2ccc(-c3ccc4ncn(CC(F)F)c4n3)c12. The van der Waals surface area contributed by atoms with Crippen molar-refractivity contribution in [3.63, 3.8) is 0 Å². The summed E-state index contributed by atoms with van der Waals surface area (Å²) in [6.07, 6.45) is -0.262. The molecule has 10 nitrogen and oxygen atoms in total. The van der Waals surface area contributed by atoms with Crippen LogP contribution >= 0.6 is 0 Å². The number of carbonyl (C=O) groups excluding carboxylic acids is 1. The number of pyridine rings is 1. The van der Waals surface area contributed by atoms with E-state index in [2.05, 4.69) is 30.7 Å². The lowest BCUT2D eigenvalue weighted by molar-refractivity contribution is -0.131. The first kappa shape index (κ1) is 22.9. The zero-order valence-electron chi connectivity index (χ0n) is 19.1. The molecule has 2 N–H and O–H groups in total. The summed E-state index contributed by atoms with van der Waals surface area (Å²) in [5.74, 6) is 0.582. The van der Waals surface area contributed by atoms with Crippen molar-refractivity contribution in [2.75, 3.05) is 30.8 Å². The van der Waals surface area contributed by atoms with E-state index < -0.39 is 25.2 Å². The van der Waals surface area contributed by atoms with Crippen molar-refractivity contribution in [1.82, 2.24) is 34.0 Å². The second-order valence-electron chi connectivity index (χ2n) is 8.40. The molecule has 1 amide bonds. The van der Waals surface area contributed by atoms with Crippen LogP contribution in [0.2, 0.25) is 0 Å². The van der Waals surface area contributed by atoms with Gasteiger partial charge in [-0.25, -0.2) is 27.7 Å². The molecule has 35 heavy (non-hydrogen) atoms. The van der Waals surface area contributed by atoms with Crippen LogP contribution in [-0.4, -0.2) is 78.7 Å². The Hall–Kier alpha value is -3.90. The number of amides is 1. The lowest BCUT2D eigenvalue weighted by Crippen LogP contribution is -2.49. The fraction of sp³-hybridized carbons (Fsp3) is 0.409. The van der Waals surface area contributed by atoms with Crippen molar-refractivity contribution in [2.24, 2.45) is 0 Å². The molecular formula is C22H24F3N9O. The number of piperidine rings is 1. The minimum absolute atomic E-state index is 0.0259. The van der Waals surface area contributed by atoms with Crippen molar-refractivity contribution in [1.29, 1.82) is 0 Å². The molecule has 0 aliphatic carbocycles. The predicted octanol–water partition coefficient (Wildman–Crippen LogP) is 2.82. The highest BCUT2D eigenvalue weighted by molar-refractivity contribution is 5.89. The first-order valence-electron chi connectivity index (χ1n) is 11.2. The zero-order valence-corrected chi connectivity index (χ0v) is 19.1. The van der Waals surface area contributed by atoms with E-state index in [-0.39, 0.29) is 18.4 Å². The average Bonchev–Trinajstić information content (AvgIpc) is 3.43. The summed E-state index contributed by atoms with van der Waals surface area (Å²) in [7, 11) is 1.71. The smallest absolute Gasteiger partial charge is 0.256 e. The molecule has 0 unspecified atom stereocenters. The van der Waals surface area contributed by atoms with Crippen LogP contribution in [0.5, 0.6) is 0 Å². The summed E-state index contributed by atoms with van der Waals surface area (Å²) in [6.45, 7) is 1.42. The summed E-state index contributed by atoms with van der Waals surface area (Å²) in [5, 5.41) is 10.6. The number of halogens is 3. The predicted molar refractivity (Wildman–Crippen MR) is 124 cm³/mol. The van der Waals surface area contributed by atoms with Crippen LogP contribution in [0.25, 0.3) is 27.9 Å². The van der Waals surface area contributed by atoms with Crippen LogP contribution in [0, 0.1) is 0 Å². The van der Waals surface area contributed by atoms with E-state index in [9.17, 15) is 18.0 Å². The van der Waals surface area contributed by atoms with Gasteiger partial charge in [0.15, 0.2) is 11.5 Å². The lowest BCUT2D eigenvalue weighted by atomic mass is 10.0. The Kier molecular flexibility index (Phi) is 5.91. The number of hydrogen-bond donors (Lipinski definition) is 2. The Morgan fingerprint density at radius 1 is 1.26 bits per heavy atom. The first-order valence-corrected chi connectivity index (χ1v) is 11.2. The monoisotopic (exact) mass is 487 g/mol. The van der Waals surface area contributed by atoms with Crippen LogP contribution in [0.4, 0.5) is 24.9 Å². The van der Waals surface area contributed by atoms with Crippen LogP contribution in [0.1, 0.15) is 13.3 Å². The molecule has 0 spiro atoms. The van der Waals surface area contributed by atoms with Gasteiger partial charge >= 0.3 is 0 Å². The summed E-state index contributed by atoms with van der Waals surface area (Å²) in [5.41, 5.74) is 2.76. The van der Waals surface area contributed by atoms with E-state index in [1.165, 1.54) is 22.7 Å². The van der Waals surface area contributed by atoms with Crippen molar-refractivity contribution in [3.05, 3.63) is 30.7 Å². The van der Waals surface area contributed by atoms with E-state index in [1.54, 1.807) is 36.0 Å². The van der Waals surface area contributed by atoms with Gasteiger partial charge in [0.25, 0.3) is 6.43 Å². The number of rotatable bonds is 6. The number of anilines is 2. The molecule has 0 aromatic carbocycles. The summed E-state index contributed by atoms with van der Waals surface area (Å²) >= 11 is 0. The van der Waals surface area contributed by atoms with Gasteiger partial charge in [-0.3, -0.25) is 4.79 Å². The highest BCUT2D eigenvalue weighted by atomic mass is 19.3. The number of aromatic nitrogens is 6. The molecule has 1 saturated heterocycles. The molecule has 0 saturated carbocycles. The van der Waals surface area contributed by atoms with Crippen LogP contribution < -0.4 is 10.6 Å². The van der Waals surface area contributed by atoms with E-state index in [4.69, 9.17) is 0 Å². The quantitative estimate of drug-likeness (QED) is 0.431. The molecule has 0 radical (unpaired) electrons. The van der Waals surface area contributed by atoms with Gasteiger partial charge in [0.05, 0.1) is 31.2 Å². The summed E-state index contributed by atoms with van der Waals surface area (Å²) < 4.78 is 43.5. The molecule has 0 bridgehead atoms. The largest absolute Gasteiger partial charge is 0.371 e. The van der Waals surface area contributed by atoms with Crippen molar-refractivity contribution >= 4 is 34.4 Å². The number of imidazole rings is 1. The fourth-order valence-electron chi connectivity index (χ4n) is 4.36. The van der Waals surface area contributed by atoms with E-state index in [0.717, 1.165) is 0 Å². The van der Waals surface area contributed by atoms with Crippen LogP contribution in [0.15, 0.2) is 30.7 Å². The second kappa shape index (κ2) is 9.04. The number of carbonyl (C=O) groups is 1. The number of hydrogen-bond acceptors (Lipinski definition) is 7. The van der Waals surface area contributed by atoms with E-state index >= 15 is 0 Å². The molecule has 1 aliphatic heterocycles. The summed E-state index contributed by atoms with van der Waals surface area (Å²) in [4.78, 5) is 26.3. The molecule has 1 fully saturated rings. The van der Waals surface area contributed by atoms with Gasteiger partial charge in [-0.15, -0.1) is 5.10 Å². The van der Waals surface area contributed by atoms with Gasteiger partial charge in [-0.05, 0) is 24.6 Å². The van der Waals surface area contributed by atoms with Crippen molar-refractivity contribution in [2.45, 2.75) is 38.5 Å². The van der Waals surface area contributed by atoms with E-state index in [0.29, 0.717) is 46.7 Å². The molecule has 5 rings (SSSR count). The number of nitrogens with one attached hydrogen (secondary N) is 2. The molecule has 4 aromatic rings. The van der Waals surface area contributed by atoms with Crippen LogP contribution in [0.3, 0.4) is 0 Å². The topological polar surface area (TPSA) is 105 Å². The van der Waals surface area contributed by atoms with Gasteiger partial charge in [0.1, 0.15) is 17.2 Å². The Labute approximate surface area is 198 Å². The molecule has 1 aliphatic rings. The van der Waals surface area contributed by atoms with Gasteiger partial charge in [0, 0.05) is 32.3 Å². The molecule has 13 heteroatoms. The van der Waals surface area contributed by atoms with Crippen molar-refractivity contribution in [3.8, 4) is 11.3 Å². The molecule has 184 valence electrons.